The third-order valence-electron chi connectivity index (χ3n) is 2.64. The average molecular weight is 275 g/mol. The van der Waals surface area contributed by atoms with E-state index < -0.39 is 6.36 Å². The van der Waals surface area contributed by atoms with Crippen LogP contribution in [0.2, 0.25) is 0 Å². The lowest BCUT2D eigenvalue weighted by atomic mass is 10.0. The van der Waals surface area contributed by atoms with Crippen LogP contribution in [0.4, 0.5) is 13.2 Å². The Hall–Kier alpha value is -1.23. The van der Waals surface area contributed by atoms with Crippen LogP contribution in [0.3, 0.4) is 0 Å². The number of alkyl halides is 3. The molecule has 1 aromatic rings. The predicted molar refractivity (Wildman–Crippen MR) is 69.2 cm³/mol. The summed E-state index contributed by atoms with van der Waals surface area (Å²) >= 11 is 0. The number of nitrogens with one attached hydrogen (secondary N) is 1. The Balaban J connectivity index is 2.52. The van der Waals surface area contributed by atoms with Gasteiger partial charge >= 0.3 is 6.36 Å². The summed E-state index contributed by atoms with van der Waals surface area (Å²) in [6.45, 7) is 5.98. The zero-order valence-corrected chi connectivity index (χ0v) is 11.3. The summed E-state index contributed by atoms with van der Waals surface area (Å²) in [5, 5.41) is 3.30. The quantitative estimate of drug-likeness (QED) is 0.765. The second kappa shape index (κ2) is 7.38. The summed E-state index contributed by atoms with van der Waals surface area (Å²) < 4.78 is 40.2. The second-order valence-electron chi connectivity index (χ2n) is 4.71. The van der Waals surface area contributed by atoms with E-state index in [2.05, 4.69) is 23.9 Å². The molecule has 0 radical (unpaired) electrons. The maximum absolute atomic E-state index is 12.1. The molecule has 2 nitrogen and oxygen atoms in total. The van der Waals surface area contributed by atoms with Crippen LogP contribution in [0, 0.1) is 5.92 Å². The molecule has 0 fully saturated rings. The van der Waals surface area contributed by atoms with Crippen molar-refractivity contribution in [2.75, 3.05) is 13.1 Å². The fourth-order valence-corrected chi connectivity index (χ4v) is 1.87. The standard InChI is InChI=1S/C14H20F3NO/c1-3-7-18-10-11(2)8-12-5-4-6-13(9-12)19-14(15,16)17/h4-6,9,11,18H,3,7-8,10H2,1-2H3. The van der Waals surface area contributed by atoms with Gasteiger partial charge in [-0.25, -0.2) is 0 Å². The predicted octanol–water partition coefficient (Wildman–Crippen LogP) is 3.76. The summed E-state index contributed by atoms with van der Waals surface area (Å²) in [5.74, 6) is 0.214. The van der Waals surface area contributed by atoms with Gasteiger partial charge in [0.1, 0.15) is 5.75 Å². The van der Waals surface area contributed by atoms with Crippen LogP contribution in [0.1, 0.15) is 25.8 Å². The molecule has 0 aliphatic rings. The molecule has 0 aliphatic carbocycles. The smallest absolute Gasteiger partial charge is 0.406 e. The number of halogens is 3. The molecule has 0 bridgehead atoms. The monoisotopic (exact) mass is 275 g/mol. The van der Waals surface area contributed by atoms with Crippen LogP contribution < -0.4 is 10.1 Å². The lowest BCUT2D eigenvalue weighted by Gasteiger charge is -2.14. The van der Waals surface area contributed by atoms with Crippen molar-refractivity contribution < 1.29 is 17.9 Å². The Labute approximate surface area is 112 Å². The summed E-state index contributed by atoms with van der Waals surface area (Å²) in [4.78, 5) is 0. The van der Waals surface area contributed by atoms with Crippen molar-refractivity contribution in [3.05, 3.63) is 29.8 Å². The van der Waals surface area contributed by atoms with E-state index in [4.69, 9.17) is 0 Å². The van der Waals surface area contributed by atoms with Gasteiger partial charge in [-0.15, -0.1) is 13.2 Å². The van der Waals surface area contributed by atoms with Gasteiger partial charge < -0.3 is 10.1 Å². The SMILES string of the molecule is CCCNCC(C)Cc1cccc(OC(F)(F)F)c1. The zero-order valence-electron chi connectivity index (χ0n) is 11.3. The van der Waals surface area contributed by atoms with Gasteiger partial charge in [0.25, 0.3) is 0 Å². The lowest BCUT2D eigenvalue weighted by molar-refractivity contribution is -0.274. The first-order valence-electron chi connectivity index (χ1n) is 6.46. The first kappa shape index (κ1) is 15.8. The van der Waals surface area contributed by atoms with Crippen LogP contribution in [0.15, 0.2) is 24.3 Å². The minimum atomic E-state index is -4.63. The molecule has 1 aromatic carbocycles. The van der Waals surface area contributed by atoms with Gasteiger partial charge in [0.2, 0.25) is 0 Å². The third-order valence-corrected chi connectivity index (χ3v) is 2.64. The summed E-state index contributed by atoms with van der Waals surface area (Å²) in [6.07, 6.45) is -2.83. The van der Waals surface area contributed by atoms with Crippen molar-refractivity contribution >= 4 is 0 Å². The van der Waals surface area contributed by atoms with Gasteiger partial charge in [-0.3, -0.25) is 0 Å². The minimum absolute atomic E-state index is 0.154. The van der Waals surface area contributed by atoms with E-state index in [1.807, 2.05) is 6.07 Å². The second-order valence-corrected chi connectivity index (χ2v) is 4.71. The number of ether oxygens (including phenoxy) is 1. The summed E-state index contributed by atoms with van der Waals surface area (Å²) in [6, 6.07) is 6.17. The molecule has 108 valence electrons. The number of rotatable bonds is 7. The molecule has 0 spiro atoms. The van der Waals surface area contributed by atoms with Crippen molar-refractivity contribution in [3.8, 4) is 5.75 Å². The van der Waals surface area contributed by atoms with Crippen LogP contribution in [-0.4, -0.2) is 19.5 Å². The molecule has 1 rings (SSSR count). The largest absolute Gasteiger partial charge is 0.573 e. The van der Waals surface area contributed by atoms with E-state index in [0.717, 1.165) is 31.5 Å². The first-order valence-corrected chi connectivity index (χ1v) is 6.46. The Kier molecular flexibility index (Phi) is 6.15. The van der Waals surface area contributed by atoms with Crippen LogP contribution in [-0.2, 0) is 6.42 Å². The van der Waals surface area contributed by atoms with E-state index in [9.17, 15) is 13.2 Å². The third kappa shape index (κ3) is 7.06. The van der Waals surface area contributed by atoms with Crippen molar-refractivity contribution in [2.45, 2.75) is 33.1 Å². The summed E-state index contributed by atoms with van der Waals surface area (Å²) in [5.41, 5.74) is 0.854. The topological polar surface area (TPSA) is 21.3 Å². The highest BCUT2D eigenvalue weighted by molar-refractivity contribution is 5.28. The van der Waals surface area contributed by atoms with Crippen molar-refractivity contribution in [1.29, 1.82) is 0 Å². The van der Waals surface area contributed by atoms with Crippen LogP contribution in [0.5, 0.6) is 5.75 Å². The fourth-order valence-electron chi connectivity index (χ4n) is 1.87. The fraction of sp³-hybridized carbons (Fsp3) is 0.571. The zero-order chi connectivity index (χ0) is 14.3. The van der Waals surface area contributed by atoms with E-state index in [-0.39, 0.29) is 5.75 Å². The Morgan fingerprint density at radius 2 is 2.05 bits per heavy atom. The number of benzene rings is 1. The Bertz CT molecular complexity index is 379. The normalized spacial score (nSPS) is 13.3. The molecule has 1 N–H and O–H groups in total. The molecule has 0 amide bonds. The molecule has 19 heavy (non-hydrogen) atoms. The maximum atomic E-state index is 12.1. The van der Waals surface area contributed by atoms with Gasteiger partial charge in [-0.05, 0) is 49.5 Å². The van der Waals surface area contributed by atoms with Crippen molar-refractivity contribution in [1.82, 2.24) is 5.32 Å². The van der Waals surface area contributed by atoms with Gasteiger partial charge in [-0.1, -0.05) is 26.0 Å². The maximum Gasteiger partial charge on any atom is 0.573 e. The highest BCUT2D eigenvalue weighted by atomic mass is 19.4. The van der Waals surface area contributed by atoms with E-state index >= 15 is 0 Å². The van der Waals surface area contributed by atoms with Gasteiger partial charge in [0.15, 0.2) is 0 Å². The van der Waals surface area contributed by atoms with Crippen molar-refractivity contribution in [3.63, 3.8) is 0 Å². The van der Waals surface area contributed by atoms with E-state index in [1.54, 1.807) is 6.07 Å². The highest BCUT2D eigenvalue weighted by Gasteiger charge is 2.31. The highest BCUT2D eigenvalue weighted by Crippen LogP contribution is 2.24. The van der Waals surface area contributed by atoms with Gasteiger partial charge in [-0.2, -0.15) is 0 Å². The molecule has 0 saturated heterocycles. The van der Waals surface area contributed by atoms with Gasteiger partial charge in [0.05, 0.1) is 0 Å². The lowest BCUT2D eigenvalue weighted by Crippen LogP contribution is -2.23. The first-order chi connectivity index (χ1) is 8.90. The molecule has 0 heterocycles. The molecule has 0 saturated carbocycles. The molecule has 0 aromatic heterocycles. The Morgan fingerprint density at radius 3 is 2.68 bits per heavy atom. The van der Waals surface area contributed by atoms with Crippen LogP contribution >= 0.6 is 0 Å². The molecule has 1 atom stereocenters. The van der Waals surface area contributed by atoms with Crippen molar-refractivity contribution in [2.24, 2.45) is 5.92 Å². The summed E-state index contributed by atoms with van der Waals surface area (Å²) in [7, 11) is 0. The molecule has 0 aliphatic heterocycles. The molecule has 1 unspecified atom stereocenters. The number of hydrogen-bond donors (Lipinski definition) is 1. The molecular formula is C14H20F3NO. The molecule has 5 heteroatoms. The minimum Gasteiger partial charge on any atom is -0.406 e. The van der Waals surface area contributed by atoms with E-state index in [0.29, 0.717) is 5.92 Å². The van der Waals surface area contributed by atoms with E-state index in [1.165, 1.54) is 12.1 Å². The average Bonchev–Trinajstić information content (AvgIpc) is 2.27. The molecular weight excluding hydrogens is 255 g/mol. The Morgan fingerprint density at radius 1 is 1.32 bits per heavy atom. The number of hydrogen-bond acceptors (Lipinski definition) is 2. The van der Waals surface area contributed by atoms with Crippen LogP contribution in [0.25, 0.3) is 0 Å². The van der Waals surface area contributed by atoms with Gasteiger partial charge in [0, 0.05) is 0 Å².